The molecule has 15 heavy (non-hydrogen) atoms. The fourth-order valence-electron chi connectivity index (χ4n) is 1.41. The van der Waals surface area contributed by atoms with Gasteiger partial charge in [0.25, 0.3) is 0 Å². The lowest BCUT2D eigenvalue weighted by Gasteiger charge is -2.10. The predicted molar refractivity (Wildman–Crippen MR) is 67.0 cm³/mol. The Hall–Kier alpha value is -0.710. The molecular weight excluding hydrogens is 272 g/mol. The maximum absolute atomic E-state index is 6.14. The van der Waals surface area contributed by atoms with Crippen LogP contribution in [-0.2, 0) is 0 Å². The highest BCUT2D eigenvalue weighted by atomic mass is 79.9. The van der Waals surface area contributed by atoms with E-state index in [1.54, 1.807) is 17.5 Å². The molecule has 2 aromatic rings. The number of rotatable bonds is 2. The van der Waals surface area contributed by atoms with Gasteiger partial charge in [-0.3, -0.25) is 4.98 Å². The first-order valence-corrected chi connectivity index (χ1v) is 6.27. The Morgan fingerprint density at radius 2 is 2.20 bits per heavy atom. The predicted octanol–water partition coefficient (Wildman–Crippen LogP) is 3.26. The summed E-state index contributed by atoms with van der Waals surface area (Å²) in [5.74, 6) is 0. The molecule has 4 heteroatoms. The van der Waals surface area contributed by atoms with Crippen molar-refractivity contribution in [1.82, 2.24) is 4.98 Å². The van der Waals surface area contributed by atoms with Gasteiger partial charge >= 0.3 is 0 Å². The van der Waals surface area contributed by atoms with Crippen molar-refractivity contribution in [2.24, 2.45) is 5.73 Å². The zero-order valence-electron chi connectivity index (χ0n) is 8.27. The summed E-state index contributed by atoms with van der Waals surface area (Å²) >= 11 is 5.04. The average Bonchev–Trinajstić information content (AvgIpc) is 2.65. The largest absolute Gasteiger partial charge is 0.318 e. The molecule has 0 saturated carbocycles. The lowest BCUT2D eigenvalue weighted by molar-refractivity contribution is 0.839. The molecule has 0 radical (unpaired) electrons. The van der Waals surface area contributed by atoms with Crippen LogP contribution < -0.4 is 5.73 Å². The Morgan fingerprint density at radius 1 is 1.40 bits per heavy atom. The molecule has 0 aliphatic heterocycles. The van der Waals surface area contributed by atoms with Crippen LogP contribution in [0.2, 0.25) is 0 Å². The normalized spacial score (nSPS) is 12.7. The van der Waals surface area contributed by atoms with E-state index in [9.17, 15) is 0 Å². The number of halogens is 1. The van der Waals surface area contributed by atoms with Gasteiger partial charge in [-0.2, -0.15) is 0 Å². The van der Waals surface area contributed by atoms with E-state index in [0.717, 1.165) is 10.2 Å². The van der Waals surface area contributed by atoms with Gasteiger partial charge in [-0.15, -0.1) is 11.3 Å². The third kappa shape index (κ3) is 2.27. The first-order chi connectivity index (χ1) is 7.18. The maximum Gasteiger partial charge on any atom is 0.0822 e. The third-order valence-corrected chi connectivity index (χ3v) is 3.82. The fraction of sp³-hybridized carbons (Fsp3) is 0.182. The van der Waals surface area contributed by atoms with E-state index in [1.165, 1.54) is 10.4 Å². The van der Waals surface area contributed by atoms with Gasteiger partial charge in [-0.1, -0.05) is 0 Å². The van der Waals surface area contributed by atoms with Crippen molar-refractivity contribution in [2.75, 3.05) is 0 Å². The van der Waals surface area contributed by atoms with Crippen molar-refractivity contribution in [1.29, 1.82) is 0 Å². The van der Waals surface area contributed by atoms with E-state index in [1.807, 2.05) is 12.1 Å². The van der Waals surface area contributed by atoms with Crippen LogP contribution in [0.3, 0.4) is 0 Å². The molecule has 0 saturated heterocycles. The number of pyridine rings is 1. The minimum atomic E-state index is -0.113. The van der Waals surface area contributed by atoms with Crippen LogP contribution in [-0.4, -0.2) is 4.98 Å². The summed E-state index contributed by atoms with van der Waals surface area (Å²) in [7, 11) is 0. The Kier molecular flexibility index (Phi) is 3.19. The Bertz CT molecular complexity index is 450. The number of thiophene rings is 1. The summed E-state index contributed by atoms with van der Waals surface area (Å²) in [5.41, 5.74) is 8.28. The number of aromatic nitrogens is 1. The van der Waals surface area contributed by atoms with Crippen molar-refractivity contribution in [2.45, 2.75) is 13.0 Å². The van der Waals surface area contributed by atoms with Gasteiger partial charge < -0.3 is 5.73 Å². The minimum Gasteiger partial charge on any atom is -0.318 e. The second kappa shape index (κ2) is 4.43. The molecule has 2 heterocycles. The van der Waals surface area contributed by atoms with E-state index in [2.05, 4.69) is 39.3 Å². The molecule has 2 aromatic heterocycles. The molecule has 0 spiro atoms. The summed E-state index contributed by atoms with van der Waals surface area (Å²) in [5, 5.41) is 2.06. The maximum atomic E-state index is 6.14. The van der Waals surface area contributed by atoms with E-state index < -0.39 is 0 Å². The quantitative estimate of drug-likeness (QED) is 0.918. The van der Waals surface area contributed by atoms with Gasteiger partial charge in [-0.05, 0) is 52.0 Å². The second-order valence-electron chi connectivity index (χ2n) is 3.35. The molecule has 2 nitrogen and oxygen atoms in total. The minimum absolute atomic E-state index is 0.113. The fourth-order valence-corrected chi connectivity index (χ4v) is 2.58. The van der Waals surface area contributed by atoms with E-state index in [0.29, 0.717) is 0 Å². The van der Waals surface area contributed by atoms with Crippen LogP contribution in [0.1, 0.15) is 22.2 Å². The molecule has 0 bridgehead atoms. The van der Waals surface area contributed by atoms with Crippen molar-refractivity contribution < 1.29 is 0 Å². The lowest BCUT2D eigenvalue weighted by Crippen LogP contribution is -2.12. The molecule has 0 aliphatic carbocycles. The van der Waals surface area contributed by atoms with E-state index >= 15 is 0 Å². The molecule has 1 atom stereocenters. The lowest BCUT2D eigenvalue weighted by atomic mass is 10.1. The van der Waals surface area contributed by atoms with Gasteiger partial charge in [0.15, 0.2) is 0 Å². The van der Waals surface area contributed by atoms with Crippen molar-refractivity contribution in [3.63, 3.8) is 0 Å². The number of nitrogens with two attached hydrogens (primary N) is 1. The first kappa shape index (κ1) is 10.8. The SMILES string of the molecule is Cc1ccsc1C(N)c1ccc(Br)cn1. The van der Waals surface area contributed by atoms with Gasteiger partial charge in [-0.25, -0.2) is 0 Å². The highest BCUT2D eigenvalue weighted by Crippen LogP contribution is 2.26. The van der Waals surface area contributed by atoms with E-state index in [4.69, 9.17) is 5.73 Å². The van der Waals surface area contributed by atoms with Crippen LogP contribution in [0.4, 0.5) is 0 Å². The molecule has 2 rings (SSSR count). The van der Waals surface area contributed by atoms with Crippen molar-refractivity contribution >= 4 is 27.3 Å². The smallest absolute Gasteiger partial charge is 0.0822 e. The number of nitrogens with zero attached hydrogens (tertiary/aromatic N) is 1. The average molecular weight is 283 g/mol. The van der Waals surface area contributed by atoms with Crippen LogP contribution in [0.25, 0.3) is 0 Å². The van der Waals surface area contributed by atoms with Gasteiger partial charge in [0.1, 0.15) is 0 Å². The summed E-state index contributed by atoms with van der Waals surface area (Å²) in [6, 6.07) is 5.88. The Morgan fingerprint density at radius 3 is 2.73 bits per heavy atom. The molecular formula is C11H11BrN2S. The number of hydrogen-bond acceptors (Lipinski definition) is 3. The number of aryl methyl sites for hydroxylation is 1. The van der Waals surface area contributed by atoms with Crippen LogP contribution in [0.5, 0.6) is 0 Å². The van der Waals surface area contributed by atoms with Crippen molar-refractivity contribution in [3.8, 4) is 0 Å². The van der Waals surface area contributed by atoms with Crippen LogP contribution >= 0.6 is 27.3 Å². The summed E-state index contributed by atoms with van der Waals surface area (Å²) in [6.45, 7) is 2.07. The molecule has 2 N–H and O–H groups in total. The summed E-state index contributed by atoms with van der Waals surface area (Å²) < 4.78 is 0.973. The Labute approximate surface area is 101 Å². The van der Waals surface area contributed by atoms with Gasteiger partial charge in [0.2, 0.25) is 0 Å². The van der Waals surface area contributed by atoms with Crippen LogP contribution in [0.15, 0.2) is 34.2 Å². The summed E-state index contributed by atoms with van der Waals surface area (Å²) in [4.78, 5) is 5.50. The molecule has 0 aliphatic rings. The summed E-state index contributed by atoms with van der Waals surface area (Å²) in [6.07, 6.45) is 1.78. The van der Waals surface area contributed by atoms with E-state index in [-0.39, 0.29) is 6.04 Å². The first-order valence-electron chi connectivity index (χ1n) is 4.59. The third-order valence-electron chi connectivity index (χ3n) is 2.25. The molecule has 0 fully saturated rings. The zero-order valence-corrected chi connectivity index (χ0v) is 10.7. The molecule has 78 valence electrons. The van der Waals surface area contributed by atoms with Gasteiger partial charge in [0, 0.05) is 15.5 Å². The molecule has 1 unspecified atom stereocenters. The Balaban J connectivity index is 2.32. The zero-order chi connectivity index (χ0) is 10.8. The monoisotopic (exact) mass is 282 g/mol. The number of hydrogen-bond donors (Lipinski definition) is 1. The van der Waals surface area contributed by atoms with Gasteiger partial charge in [0.05, 0.1) is 11.7 Å². The second-order valence-corrected chi connectivity index (χ2v) is 5.21. The molecule has 0 amide bonds. The molecule has 0 aromatic carbocycles. The highest BCUT2D eigenvalue weighted by Gasteiger charge is 2.13. The highest BCUT2D eigenvalue weighted by molar-refractivity contribution is 9.10. The standard InChI is InChI=1S/C11H11BrN2S/c1-7-4-5-15-11(7)10(13)9-3-2-8(12)6-14-9/h2-6,10H,13H2,1H3. The van der Waals surface area contributed by atoms with Crippen molar-refractivity contribution in [3.05, 3.63) is 50.4 Å². The topological polar surface area (TPSA) is 38.9 Å². The van der Waals surface area contributed by atoms with Crippen LogP contribution in [0, 0.1) is 6.92 Å².